The monoisotopic (exact) mass is 314 g/mol. The van der Waals surface area contributed by atoms with Gasteiger partial charge in [0.05, 0.1) is 18.6 Å². The molecule has 2 fully saturated rings. The highest BCUT2D eigenvalue weighted by Gasteiger charge is 2.61. The molecule has 1 saturated heterocycles. The third-order valence-electron chi connectivity index (χ3n) is 6.56. The molecule has 3 heteroatoms. The fourth-order valence-corrected chi connectivity index (χ4v) is 5.79. The molecule has 124 valence electrons. The maximum Gasteiger partial charge on any atom is 0.159 e. The minimum Gasteiger partial charge on any atom is -0.472 e. The van der Waals surface area contributed by atoms with Crippen LogP contribution >= 0.6 is 0 Å². The van der Waals surface area contributed by atoms with Crippen LogP contribution in [0.5, 0.6) is 0 Å². The van der Waals surface area contributed by atoms with E-state index in [1.807, 2.05) is 12.1 Å². The number of hydrogen-bond donors (Lipinski definition) is 0. The van der Waals surface area contributed by atoms with E-state index in [2.05, 4.69) is 27.7 Å². The van der Waals surface area contributed by atoms with Crippen molar-refractivity contribution in [2.45, 2.75) is 59.2 Å². The lowest BCUT2D eigenvalue weighted by Gasteiger charge is -2.55. The Morgan fingerprint density at radius 1 is 1.22 bits per heavy atom. The first-order chi connectivity index (χ1) is 10.8. The standard InChI is InChI=1S/C20H26O3/c1-12-10-14(21)18-19(2,3)7-5-8-20(18,4)15(12)17-16(23-17)13-6-9-22-11-13/h6,9-11,15-18H,5,7-8H2,1-4H3/t15-,16-,17+,18+,20-/m1/s1. The first-order valence-corrected chi connectivity index (χ1v) is 8.74. The van der Waals surface area contributed by atoms with Crippen molar-refractivity contribution in [3.05, 3.63) is 35.8 Å². The highest BCUT2D eigenvalue weighted by molar-refractivity contribution is 5.95. The molecule has 1 aromatic heterocycles. The minimum absolute atomic E-state index is 0.000813. The number of rotatable bonds is 2. The predicted molar refractivity (Wildman–Crippen MR) is 87.8 cm³/mol. The van der Waals surface area contributed by atoms with E-state index >= 15 is 0 Å². The number of epoxide rings is 1. The van der Waals surface area contributed by atoms with Crippen molar-refractivity contribution >= 4 is 5.78 Å². The number of carbonyl (C=O) groups excluding carboxylic acids is 1. The van der Waals surface area contributed by atoms with Gasteiger partial charge in [-0.1, -0.05) is 32.8 Å². The van der Waals surface area contributed by atoms with Gasteiger partial charge in [-0.3, -0.25) is 4.79 Å². The number of ketones is 1. The Bertz CT molecular complexity index is 654. The lowest BCUT2D eigenvalue weighted by atomic mass is 9.47. The molecule has 1 aliphatic heterocycles. The third-order valence-corrected chi connectivity index (χ3v) is 6.56. The van der Waals surface area contributed by atoms with Crippen LogP contribution in [0.25, 0.3) is 0 Å². The molecule has 0 spiro atoms. The summed E-state index contributed by atoms with van der Waals surface area (Å²) in [7, 11) is 0. The van der Waals surface area contributed by atoms with Gasteiger partial charge in [0, 0.05) is 17.4 Å². The van der Waals surface area contributed by atoms with E-state index in [1.165, 1.54) is 12.0 Å². The lowest BCUT2D eigenvalue weighted by molar-refractivity contribution is -0.137. The SMILES string of the molecule is CC1=CC(=O)[C@H]2C(C)(C)CCC[C@]2(C)[C@H]1[C@@H]1O[C@@H]1c1ccoc1. The van der Waals surface area contributed by atoms with E-state index < -0.39 is 0 Å². The van der Waals surface area contributed by atoms with Crippen LogP contribution in [0.1, 0.15) is 58.6 Å². The minimum atomic E-state index is 0.000813. The van der Waals surface area contributed by atoms with Crippen LogP contribution in [-0.4, -0.2) is 11.9 Å². The largest absolute Gasteiger partial charge is 0.472 e. The van der Waals surface area contributed by atoms with Crippen molar-refractivity contribution in [3.8, 4) is 0 Å². The molecule has 23 heavy (non-hydrogen) atoms. The molecule has 1 saturated carbocycles. The Hall–Kier alpha value is -1.35. The van der Waals surface area contributed by atoms with Gasteiger partial charge in [0.15, 0.2) is 5.78 Å². The fourth-order valence-electron chi connectivity index (χ4n) is 5.79. The second-order valence-corrected chi connectivity index (χ2v) is 8.63. The Kier molecular flexibility index (Phi) is 3.19. The zero-order chi connectivity index (χ0) is 16.4. The molecular formula is C20H26O3. The number of carbonyl (C=O) groups is 1. The number of furan rings is 1. The predicted octanol–water partition coefficient (Wildman–Crippen LogP) is 4.70. The number of hydrogen-bond acceptors (Lipinski definition) is 3. The van der Waals surface area contributed by atoms with Crippen molar-refractivity contribution in [2.24, 2.45) is 22.7 Å². The van der Waals surface area contributed by atoms with Crippen LogP contribution in [0.2, 0.25) is 0 Å². The normalized spacial score (nSPS) is 42.1. The van der Waals surface area contributed by atoms with Crippen LogP contribution in [0, 0.1) is 22.7 Å². The van der Waals surface area contributed by atoms with E-state index in [0.717, 1.165) is 18.4 Å². The van der Waals surface area contributed by atoms with Crippen LogP contribution < -0.4 is 0 Å². The smallest absolute Gasteiger partial charge is 0.159 e. The second kappa shape index (κ2) is 4.83. The van der Waals surface area contributed by atoms with Crippen LogP contribution in [0.4, 0.5) is 0 Å². The molecule has 0 radical (unpaired) electrons. The zero-order valence-corrected chi connectivity index (χ0v) is 14.5. The van der Waals surface area contributed by atoms with Gasteiger partial charge in [0.1, 0.15) is 6.10 Å². The quantitative estimate of drug-likeness (QED) is 0.743. The molecule has 3 nitrogen and oxygen atoms in total. The average Bonchev–Trinajstić information content (AvgIpc) is 3.00. The first-order valence-electron chi connectivity index (χ1n) is 8.74. The highest BCUT2D eigenvalue weighted by atomic mass is 16.6. The Balaban J connectivity index is 1.71. The molecule has 2 heterocycles. The van der Waals surface area contributed by atoms with E-state index in [-0.39, 0.29) is 29.0 Å². The Labute approximate surface area is 138 Å². The third kappa shape index (κ3) is 2.16. The molecule has 4 rings (SSSR count). The van der Waals surface area contributed by atoms with Crippen LogP contribution in [0.3, 0.4) is 0 Å². The number of fused-ring (bicyclic) bond motifs is 1. The number of allylic oxidation sites excluding steroid dienone is 1. The van der Waals surface area contributed by atoms with Crippen LogP contribution in [0.15, 0.2) is 34.7 Å². The van der Waals surface area contributed by atoms with E-state index in [1.54, 1.807) is 12.5 Å². The molecule has 0 bridgehead atoms. The maximum atomic E-state index is 12.8. The van der Waals surface area contributed by atoms with Gasteiger partial charge in [-0.2, -0.15) is 0 Å². The Morgan fingerprint density at radius 2 is 2.00 bits per heavy atom. The van der Waals surface area contributed by atoms with E-state index in [4.69, 9.17) is 9.15 Å². The van der Waals surface area contributed by atoms with Crippen molar-refractivity contribution in [1.82, 2.24) is 0 Å². The summed E-state index contributed by atoms with van der Waals surface area (Å²) in [5.74, 6) is 0.753. The number of ether oxygens (including phenoxy) is 1. The summed E-state index contributed by atoms with van der Waals surface area (Å²) in [6, 6.07) is 1.99. The zero-order valence-electron chi connectivity index (χ0n) is 14.5. The summed E-state index contributed by atoms with van der Waals surface area (Å²) in [5, 5.41) is 0. The van der Waals surface area contributed by atoms with Gasteiger partial charge in [0.2, 0.25) is 0 Å². The maximum absolute atomic E-state index is 12.8. The molecule has 0 aromatic carbocycles. The van der Waals surface area contributed by atoms with E-state index in [0.29, 0.717) is 11.7 Å². The van der Waals surface area contributed by atoms with Crippen molar-refractivity contribution < 1.29 is 13.9 Å². The molecule has 0 unspecified atom stereocenters. The summed E-state index contributed by atoms with van der Waals surface area (Å²) in [6.45, 7) is 8.96. The van der Waals surface area contributed by atoms with Crippen molar-refractivity contribution in [1.29, 1.82) is 0 Å². The second-order valence-electron chi connectivity index (χ2n) is 8.63. The molecule has 1 aromatic rings. The topological polar surface area (TPSA) is 42.7 Å². The van der Waals surface area contributed by atoms with Gasteiger partial charge in [-0.25, -0.2) is 0 Å². The Morgan fingerprint density at radius 3 is 2.70 bits per heavy atom. The molecule has 2 aliphatic carbocycles. The lowest BCUT2D eigenvalue weighted by Crippen LogP contribution is -2.53. The van der Waals surface area contributed by atoms with E-state index in [9.17, 15) is 4.79 Å². The van der Waals surface area contributed by atoms with Crippen molar-refractivity contribution in [3.63, 3.8) is 0 Å². The summed E-state index contributed by atoms with van der Waals surface area (Å²) < 4.78 is 11.3. The van der Waals surface area contributed by atoms with Crippen LogP contribution in [-0.2, 0) is 9.53 Å². The van der Waals surface area contributed by atoms with Gasteiger partial charge in [0.25, 0.3) is 0 Å². The van der Waals surface area contributed by atoms with Gasteiger partial charge in [-0.05, 0) is 42.7 Å². The summed E-state index contributed by atoms with van der Waals surface area (Å²) in [4.78, 5) is 12.8. The summed E-state index contributed by atoms with van der Waals surface area (Å²) >= 11 is 0. The fraction of sp³-hybridized carbons (Fsp3) is 0.650. The van der Waals surface area contributed by atoms with Gasteiger partial charge >= 0.3 is 0 Å². The van der Waals surface area contributed by atoms with Gasteiger partial charge < -0.3 is 9.15 Å². The molecule has 3 aliphatic rings. The molecule has 5 atom stereocenters. The summed E-state index contributed by atoms with van der Waals surface area (Å²) in [5.41, 5.74) is 2.39. The molecule has 0 N–H and O–H groups in total. The summed E-state index contributed by atoms with van der Waals surface area (Å²) in [6.07, 6.45) is 9.13. The van der Waals surface area contributed by atoms with Gasteiger partial charge in [-0.15, -0.1) is 0 Å². The highest BCUT2D eigenvalue weighted by Crippen LogP contribution is 2.63. The average molecular weight is 314 g/mol. The van der Waals surface area contributed by atoms with Crippen molar-refractivity contribution in [2.75, 3.05) is 0 Å². The first kappa shape index (κ1) is 15.2. The molecular weight excluding hydrogens is 288 g/mol. The molecule has 0 amide bonds.